The minimum Gasteiger partial charge on any atom is -0.381 e. The van der Waals surface area contributed by atoms with Crippen molar-refractivity contribution in [3.63, 3.8) is 0 Å². The van der Waals surface area contributed by atoms with E-state index in [2.05, 4.69) is 19.2 Å². The molecule has 3 N–H and O–H groups in total. The summed E-state index contributed by atoms with van der Waals surface area (Å²) in [6.07, 6.45) is 1.70. The van der Waals surface area contributed by atoms with E-state index in [0.29, 0.717) is 19.8 Å². The molecule has 0 bridgehead atoms. The first-order valence-electron chi connectivity index (χ1n) is 7.78. The van der Waals surface area contributed by atoms with Crippen molar-refractivity contribution in [2.45, 2.75) is 38.1 Å². The van der Waals surface area contributed by atoms with Gasteiger partial charge in [-0.3, -0.25) is 4.79 Å². The third-order valence-electron chi connectivity index (χ3n) is 4.38. The molecule has 0 saturated carbocycles. The van der Waals surface area contributed by atoms with Crippen molar-refractivity contribution < 1.29 is 9.53 Å². The van der Waals surface area contributed by atoms with Crippen LogP contribution in [-0.4, -0.2) is 31.7 Å². The zero-order chi connectivity index (χ0) is 16.2. The molecule has 0 aliphatic carbocycles. The highest BCUT2D eigenvalue weighted by atomic mass is 35.5. The number of benzene rings is 1. The Morgan fingerprint density at radius 1 is 1.41 bits per heavy atom. The van der Waals surface area contributed by atoms with Crippen LogP contribution >= 0.6 is 11.6 Å². The zero-order valence-corrected chi connectivity index (χ0v) is 14.0. The van der Waals surface area contributed by atoms with Crippen molar-refractivity contribution in [1.29, 1.82) is 0 Å². The molecule has 0 radical (unpaired) electrons. The molecule has 0 aromatic heterocycles. The van der Waals surface area contributed by atoms with Gasteiger partial charge in [-0.2, -0.15) is 0 Å². The number of halogens is 1. The van der Waals surface area contributed by atoms with E-state index in [0.717, 1.165) is 23.4 Å². The first-order chi connectivity index (χ1) is 10.4. The smallest absolute Gasteiger partial charge is 0.237 e. The zero-order valence-electron chi connectivity index (χ0n) is 13.3. The van der Waals surface area contributed by atoms with E-state index in [1.165, 1.54) is 0 Å². The fraction of sp³-hybridized carbons (Fsp3) is 0.588. The minimum atomic E-state index is -0.467. The van der Waals surface area contributed by atoms with Gasteiger partial charge < -0.3 is 15.8 Å². The van der Waals surface area contributed by atoms with Crippen LogP contribution in [0.5, 0.6) is 0 Å². The molecule has 1 unspecified atom stereocenters. The van der Waals surface area contributed by atoms with Crippen LogP contribution in [0.2, 0.25) is 5.02 Å². The van der Waals surface area contributed by atoms with Crippen LogP contribution in [0.1, 0.15) is 32.3 Å². The van der Waals surface area contributed by atoms with E-state index >= 15 is 0 Å². The Labute approximate surface area is 137 Å². The van der Waals surface area contributed by atoms with E-state index < -0.39 is 6.04 Å². The summed E-state index contributed by atoms with van der Waals surface area (Å²) in [5.41, 5.74) is 6.87. The van der Waals surface area contributed by atoms with Gasteiger partial charge in [-0.1, -0.05) is 43.6 Å². The summed E-state index contributed by atoms with van der Waals surface area (Å²) in [6.45, 7) is 6.02. The molecule has 1 heterocycles. The second kappa shape index (κ2) is 7.44. The van der Waals surface area contributed by atoms with Gasteiger partial charge in [0.1, 0.15) is 0 Å². The summed E-state index contributed by atoms with van der Waals surface area (Å²) < 4.78 is 5.31. The molecule has 1 aliphatic rings. The predicted molar refractivity (Wildman–Crippen MR) is 89.0 cm³/mol. The Kier molecular flexibility index (Phi) is 5.84. The van der Waals surface area contributed by atoms with Crippen molar-refractivity contribution in [3.8, 4) is 0 Å². The summed E-state index contributed by atoms with van der Waals surface area (Å²) in [7, 11) is 0. The lowest BCUT2D eigenvalue weighted by molar-refractivity contribution is -0.124. The van der Waals surface area contributed by atoms with Crippen LogP contribution in [-0.2, 0) is 14.9 Å². The van der Waals surface area contributed by atoms with Gasteiger partial charge in [0, 0.05) is 30.2 Å². The lowest BCUT2D eigenvalue weighted by Gasteiger charge is -2.30. The summed E-state index contributed by atoms with van der Waals surface area (Å²) in [4.78, 5) is 12.3. The molecule has 1 amide bonds. The number of nitrogens with one attached hydrogen (secondary N) is 1. The van der Waals surface area contributed by atoms with Crippen LogP contribution in [0.25, 0.3) is 0 Å². The number of ether oxygens (including phenoxy) is 1. The van der Waals surface area contributed by atoms with Gasteiger partial charge in [0.15, 0.2) is 0 Å². The monoisotopic (exact) mass is 324 g/mol. The normalized spacial score (nSPS) is 18.0. The van der Waals surface area contributed by atoms with Crippen molar-refractivity contribution in [2.24, 2.45) is 11.7 Å². The van der Waals surface area contributed by atoms with E-state index in [1.807, 2.05) is 24.3 Å². The van der Waals surface area contributed by atoms with Crippen molar-refractivity contribution in [2.75, 3.05) is 19.8 Å². The lowest BCUT2D eigenvalue weighted by atomic mass is 9.84. The van der Waals surface area contributed by atoms with E-state index in [-0.39, 0.29) is 17.2 Å². The Balaban J connectivity index is 1.93. The second-order valence-electron chi connectivity index (χ2n) is 6.56. The Morgan fingerprint density at radius 2 is 2.05 bits per heavy atom. The van der Waals surface area contributed by atoms with Gasteiger partial charge >= 0.3 is 0 Å². The molecule has 1 saturated heterocycles. The maximum atomic E-state index is 12.3. The second-order valence-corrected chi connectivity index (χ2v) is 6.96. The van der Waals surface area contributed by atoms with E-state index in [4.69, 9.17) is 22.1 Å². The van der Waals surface area contributed by atoms with Crippen molar-refractivity contribution in [3.05, 3.63) is 34.9 Å². The SMILES string of the molecule is CC(C)(CNC(=O)C(N)C1CCOCC1)c1ccccc1Cl. The maximum absolute atomic E-state index is 12.3. The third-order valence-corrected chi connectivity index (χ3v) is 4.71. The number of hydrogen-bond acceptors (Lipinski definition) is 3. The minimum absolute atomic E-state index is 0.0907. The maximum Gasteiger partial charge on any atom is 0.237 e. The molecule has 0 spiro atoms. The Morgan fingerprint density at radius 3 is 2.68 bits per heavy atom. The molecule has 1 fully saturated rings. The summed E-state index contributed by atoms with van der Waals surface area (Å²) in [5, 5.41) is 3.70. The molecule has 1 aliphatic heterocycles. The summed E-state index contributed by atoms with van der Waals surface area (Å²) in [5.74, 6) is 0.115. The molecule has 2 rings (SSSR count). The molecule has 1 atom stereocenters. The average molecular weight is 325 g/mol. The summed E-state index contributed by atoms with van der Waals surface area (Å²) in [6, 6.07) is 7.26. The number of amides is 1. The van der Waals surface area contributed by atoms with Gasteiger partial charge in [0.2, 0.25) is 5.91 Å². The van der Waals surface area contributed by atoms with E-state index in [9.17, 15) is 4.79 Å². The first-order valence-corrected chi connectivity index (χ1v) is 8.15. The van der Waals surface area contributed by atoms with Crippen molar-refractivity contribution >= 4 is 17.5 Å². The van der Waals surface area contributed by atoms with Gasteiger partial charge in [-0.05, 0) is 30.4 Å². The molecule has 1 aromatic carbocycles. The molecule has 1 aromatic rings. The highest BCUT2D eigenvalue weighted by Gasteiger charge is 2.29. The number of hydrogen-bond donors (Lipinski definition) is 2. The van der Waals surface area contributed by atoms with Crippen LogP contribution in [0.15, 0.2) is 24.3 Å². The Hall–Kier alpha value is -1.10. The molecule has 5 heteroatoms. The molecular weight excluding hydrogens is 300 g/mol. The van der Waals surface area contributed by atoms with Gasteiger partial charge in [-0.25, -0.2) is 0 Å². The van der Waals surface area contributed by atoms with Gasteiger partial charge in [-0.15, -0.1) is 0 Å². The van der Waals surface area contributed by atoms with Crippen LogP contribution in [0.4, 0.5) is 0 Å². The van der Waals surface area contributed by atoms with Crippen LogP contribution in [0.3, 0.4) is 0 Å². The topological polar surface area (TPSA) is 64.4 Å². The number of carbonyl (C=O) groups is 1. The van der Waals surface area contributed by atoms with Crippen LogP contribution < -0.4 is 11.1 Å². The quantitative estimate of drug-likeness (QED) is 0.874. The number of rotatable bonds is 5. The number of nitrogens with two attached hydrogens (primary N) is 1. The third kappa shape index (κ3) is 4.22. The fourth-order valence-corrected chi connectivity index (χ4v) is 3.21. The number of carbonyl (C=O) groups excluding carboxylic acids is 1. The van der Waals surface area contributed by atoms with E-state index in [1.54, 1.807) is 0 Å². The average Bonchev–Trinajstić information content (AvgIpc) is 2.53. The van der Waals surface area contributed by atoms with Crippen LogP contribution in [0, 0.1) is 5.92 Å². The standard InChI is InChI=1S/C17H25ClN2O2/c1-17(2,13-5-3-4-6-14(13)18)11-20-16(21)15(19)12-7-9-22-10-8-12/h3-6,12,15H,7-11,19H2,1-2H3,(H,20,21). The summed E-state index contributed by atoms with van der Waals surface area (Å²) >= 11 is 6.26. The molecule has 22 heavy (non-hydrogen) atoms. The first kappa shape index (κ1) is 17.3. The van der Waals surface area contributed by atoms with Crippen molar-refractivity contribution in [1.82, 2.24) is 5.32 Å². The highest BCUT2D eigenvalue weighted by Crippen LogP contribution is 2.29. The fourth-order valence-electron chi connectivity index (χ4n) is 2.82. The Bertz CT molecular complexity index is 513. The molecular formula is C17H25ClN2O2. The van der Waals surface area contributed by atoms with Gasteiger partial charge in [0.05, 0.1) is 6.04 Å². The predicted octanol–water partition coefficient (Wildman–Crippen LogP) is 2.49. The lowest BCUT2D eigenvalue weighted by Crippen LogP contribution is -2.49. The highest BCUT2D eigenvalue weighted by molar-refractivity contribution is 6.31. The molecule has 122 valence electrons. The molecule has 4 nitrogen and oxygen atoms in total. The van der Waals surface area contributed by atoms with Gasteiger partial charge in [0.25, 0.3) is 0 Å². The largest absolute Gasteiger partial charge is 0.381 e.